The van der Waals surface area contributed by atoms with Gasteiger partial charge in [-0.3, -0.25) is 0 Å². The van der Waals surface area contributed by atoms with Crippen LogP contribution in [0, 0.1) is 0 Å². The number of fused-ring (bicyclic) bond motifs is 9. The summed E-state index contributed by atoms with van der Waals surface area (Å²) in [7, 11) is -3.19. The van der Waals surface area contributed by atoms with Crippen LogP contribution in [-0.4, -0.2) is 21.8 Å². The number of para-hydroxylation sites is 4. The van der Waals surface area contributed by atoms with E-state index in [1.165, 1.54) is 97.3 Å². The molecular weight excluding hydrogens is 863 g/mol. The number of aromatic nitrogens is 3. The minimum Gasteiger partial charge on any atom is -0.309 e. The minimum absolute atomic E-state index is 1.12. The van der Waals surface area contributed by atoms with Gasteiger partial charge in [-0.15, -0.1) is 0 Å². The topological polar surface area (TPSA) is 14.8 Å². The average molecular weight is 908 g/mol. The first kappa shape index (κ1) is 40.1. The van der Waals surface area contributed by atoms with E-state index in [1.54, 1.807) is 0 Å². The summed E-state index contributed by atoms with van der Waals surface area (Å²) < 4.78 is 7.55. The highest BCUT2D eigenvalue weighted by molar-refractivity contribution is 7.20. The van der Waals surface area contributed by atoms with Gasteiger partial charge >= 0.3 is 0 Å². The second kappa shape index (κ2) is 16.1. The highest BCUT2D eigenvalue weighted by Crippen LogP contribution is 2.40. The fourth-order valence-electron chi connectivity index (χ4n) is 11.8. The van der Waals surface area contributed by atoms with Crippen LogP contribution in [0.15, 0.2) is 273 Å². The molecule has 3 heterocycles. The normalized spacial score (nSPS) is 12.0. The summed E-state index contributed by atoms with van der Waals surface area (Å²) >= 11 is 0. The number of hydrogen-bond acceptors (Lipinski definition) is 0. The molecule has 14 aromatic rings. The Morgan fingerprint density at radius 1 is 0.229 bits per heavy atom. The summed E-state index contributed by atoms with van der Waals surface area (Å²) in [5.41, 5.74) is 12.9. The lowest BCUT2D eigenvalue weighted by molar-refractivity contribution is 1.15. The summed E-state index contributed by atoms with van der Waals surface area (Å²) in [6, 6.07) is 102. The second-order valence-electron chi connectivity index (χ2n) is 18.4. The Morgan fingerprint density at radius 2 is 0.600 bits per heavy atom. The van der Waals surface area contributed by atoms with Crippen LogP contribution in [0.25, 0.3) is 93.6 Å². The molecule has 328 valence electrons. The number of hydrogen-bond donors (Lipinski definition) is 0. The SMILES string of the molecule is c1ccc(-c2ccc(-n3c4ccccc4c4ccc(-n5c6ccccc6c6cc(-n7c8ccccc8c8ccccc87)cc([Si](c7ccccc7)(c7ccccc7)c7ccccc7)c65)cc43)cc2)cc1. The van der Waals surface area contributed by atoms with Crippen molar-refractivity contribution >= 4 is 94.2 Å². The Bertz CT molecular complexity index is 4110. The van der Waals surface area contributed by atoms with E-state index in [0.717, 1.165) is 17.1 Å². The van der Waals surface area contributed by atoms with Crippen LogP contribution in [0.5, 0.6) is 0 Å². The lowest BCUT2D eigenvalue weighted by Crippen LogP contribution is -2.75. The third-order valence-electron chi connectivity index (χ3n) is 14.8. The summed E-state index contributed by atoms with van der Waals surface area (Å²) in [5, 5.41) is 12.7. The maximum atomic E-state index is 2.59. The van der Waals surface area contributed by atoms with E-state index in [-0.39, 0.29) is 0 Å². The van der Waals surface area contributed by atoms with Crippen molar-refractivity contribution in [2.45, 2.75) is 0 Å². The van der Waals surface area contributed by atoms with E-state index in [9.17, 15) is 0 Å². The Kier molecular flexibility index (Phi) is 9.23. The van der Waals surface area contributed by atoms with Gasteiger partial charge in [0.05, 0.1) is 33.1 Å². The first-order valence-electron chi connectivity index (χ1n) is 24.2. The first-order chi connectivity index (χ1) is 34.8. The van der Waals surface area contributed by atoms with Crippen LogP contribution < -0.4 is 20.7 Å². The van der Waals surface area contributed by atoms with Crippen molar-refractivity contribution in [2.75, 3.05) is 0 Å². The van der Waals surface area contributed by atoms with Crippen LogP contribution in [-0.2, 0) is 0 Å². The van der Waals surface area contributed by atoms with E-state index in [4.69, 9.17) is 0 Å². The summed E-state index contributed by atoms with van der Waals surface area (Å²) in [6.07, 6.45) is 0. The number of rotatable bonds is 8. The molecule has 0 atom stereocenters. The van der Waals surface area contributed by atoms with Crippen molar-refractivity contribution in [1.82, 2.24) is 13.7 Å². The van der Waals surface area contributed by atoms with E-state index < -0.39 is 8.07 Å². The van der Waals surface area contributed by atoms with Gasteiger partial charge < -0.3 is 13.7 Å². The van der Waals surface area contributed by atoms with E-state index in [1.807, 2.05) is 0 Å². The molecule has 70 heavy (non-hydrogen) atoms. The molecule has 0 aliphatic carbocycles. The third-order valence-corrected chi connectivity index (χ3v) is 19.6. The Balaban J connectivity index is 1.14. The van der Waals surface area contributed by atoms with Crippen LogP contribution >= 0.6 is 0 Å². The molecule has 3 nitrogen and oxygen atoms in total. The predicted molar refractivity (Wildman–Crippen MR) is 299 cm³/mol. The van der Waals surface area contributed by atoms with Gasteiger partial charge in [-0.25, -0.2) is 0 Å². The molecular formula is C66H45N3Si. The minimum atomic E-state index is -3.19. The van der Waals surface area contributed by atoms with Gasteiger partial charge in [0.15, 0.2) is 8.07 Å². The Labute approximate surface area is 407 Å². The first-order valence-corrected chi connectivity index (χ1v) is 26.2. The number of nitrogens with zero attached hydrogens (tertiary/aromatic N) is 3. The van der Waals surface area contributed by atoms with Crippen molar-refractivity contribution in [3.05, 3.63) is 273 Å². The zero-order valence-corrected chi connectivity index (χ0v) is 39.3. The molecule has 0 saturated carbocycles. The zero-order chi connectivity index (χ0) is 46.2. The van der Waals surface area contributed by atoms with Crippen LogP contribution in [0.1, 0.15) is 0 Å². The molecule has 0 unspecified atom stereocenters. The highest BCUT2D eigenvalue weighted by atomic mass is 28.3. The fourth-order valence-corrected chi connectivity index (χ4v) is 16.8. The fraction of sp³-hybridized carbons (Fsp3) is 0. The Morgan fingerprint density at radius 3 is 1.10 bits per heavy atom. The monoisotopic (exact) mass is 907 g/mol. The summed E-state index contributed by atoms with van der Waals surface area (Å²) in [4.78, 5) is 0. The van der Waals surface area contributed by atoms with Crippen molar-refractivity contribution in [1.29, 1.82) is 0 Å². The molecule has 0 amide bonds. The van der Waals surface area contributed by atoms with E-state index in [0.29, 0.717) is 0 Å². The molecule has 0 aliphatic heterocycles. The summed E-state index contributed by atoms with van der Waals surface area (Å²) in [6.45, 7) is 0. The molecule has 0 fully saturated rings. The van der Waals surface area contributed by atoms with Crippen molar-refractivity contribution < 1.29 is 0 Å². The number of benzene rings is 11. The quantitative estimate of drug-likeness (QED) is 0.107. The lowest BCUT2D eigenvalue weighted by Gasteiger charge is -2.35. The van der Waals surface area contributed by atoms with Gasteiger partial charge in [-0.1, -0.05) is 212 Å². The van der Waals surface area contributed by atoms with Crippen LogP contribution in [0.2, 0.25) is 0 Å². The van der Waals surface area contributed by atoms with Crippen molar-refractivity contribution in [3.8, 4) is 28.2 Å². The maximum absolute atomic E-state index is 3.19. The average Bonchev–Trinajstić information content (AvgIpc) is 4.08. The van der Waals surface area contributed by atoms with E-state index >= 15 is 0 Å². The van der Waals surface area contributed by atoms with Gasteiger partial charge in [0.2, 0.25) is 0 Å². The van der Waals surface area contributed by atoms with Crippen LogP contribution in [0.4, 0.5) is 0 Å². The van der Waals surface area contributed by atoms with Gasteiger partial charge in [0.25, 0.3) is 0 Å². The Hall–Kier alpha value is -8.96. The third kappa shape index (κ3) is 6.00. The molecule has 3 aromatic heterocycles. The molecule has 0 saturated heterocycles. The van der Waals surface area contributed by atoms with Crippen molar-refractivity contribution in [2.24, 2.45) is 0 Å². The molecule has 14 rings (SSSR count). The molecule has 4 heteroatoms. The molecule has 0 bridgehead atoms. The zero-order valence-electron chi connectivity index (χ0n) is 38.3. The van der Waals surface area contributed by atoms with Gasteiger partial charge in [-0.05, 0) is 92.5 Å². The van der Waals surface area contributed by atoms with Crippen molar-refractivity contribution in [3.63, 3.8) is 0 Å². The summed E-state index contributed by atoms with van der Waals surface area (Å²) in [5.74, 6) is 0. The van der Waals surface area contributed by atoms with Gasteiger partial charge in [0.1, 0.15) is 0 Å². The maximum Gasteiger partial charge on any atom is 0.181 e. The predicted octanol–water partition coefficient (Wildman–Crippen LogP) is 14.0. The van der Waals surface area contributed by atoms with Gasteiger partial charge in [0, 0.05) is 49.4 Å². The molecule has 0 radical (unpaired) electrons. The smallest absolute Gasteiger partial charge is 0.181 e. The molecule has 0 aliphatic rings. The molecule has 0 spiro atoms. The van der Waals surface area contributed by atoms with Crippen LogP contribution in [0.3, 0.4) is 0 Å². The molecule has 0 N–H and O–H groups in total. The highest BCUT2D eigenvalue weighted by Gasteiger charge is 2.44. The largest absolute Gasteiger partial charge is 0.309 e. The van der Waals surface area contributed by atoms with Gasteiger partial charge in [-0.2, -0.15) is 0 Å². The molecule has 11 aromatic carbocycles. The second-order valence-corrected chi connectivity index (χ2v) is 22.2. The standard InChI is InChI=1S/C66H45N3Si/c1-5-21-46(22-6-1)47-37-39-48(40-38-47)67-60-33-17-15-31-56(60)58-42-41-49(44-64(58)67)69-63-36-20-16-32-57(63)59-43-50(68-61-34-18-13-29-54(61)55-30-14-19-35-62(55)68)45-65(66(59)69)70(51-23-7-2-8-24-51,52-25-9-3-10-26-52)53-27-11-4-12-28-53/h1-45H. The van der Waals surface area contributed by atoms with E-state index in [2.05, 4.69) is 287 Å². The lowest BCUT2D eigenvalue weighted by atomic mass is 10.1.